The van der Waals surface area contributed by atoms with E-state index < -0.39 is 24.5 Å². The number of esters is 1. The number of aromatic amines is 1. The lowest BCUT2D eigenvalue weighted by Crippen LogP contribution is -2.25. The lowest BCUT2D eigenvalue weighted by molar-refractivity contribution is -0.166. The number of hydrogen-bond donors (Lipinski definition) is 1. The first-order chi connectivity index (χ1) is 12.9. The second-order valence-electron chi connectivity index (χ2n) is 6.34. The number of rotatable bonds is 6. The molecule has 1 heterocycles. The predicted octanol–water partition coefficient (Wildman–Crippen LogP) is 5.82. The van der Waals surface area contributed by atoms with Gasteiger partial charge in [-0.1, -0.05) is 55.5 Å². The van der Waals surface area contributed by atoms with Crippen LogP contribution < -0.4 is 0 Å². The van der Waals surface area contributed by atoms with Crippen molar-refractivity contribution in [3.05, 3.63) is 60.2 Å². The third kappa shape index (κ3) is 4.15. The van der Waals surface area contributed by atoms with E-state index in [9.17, 15) is 18.0 Å². The summed E-state index contributed by atoms with van der Waals surface area (Å²) in [6, 6.07) is 15.7. The van der Waals surface area contributed by atoms with Gasteiger partial charge in [0.25, 0.3) is 0 Å². The van der Waals surface area contributed by atoms with Crippen LogP contribution in [0.15, 0.2) is 54.6 Å². The van der Waals surface area contributed by atoms with Gasteiger partial charge in [-0.05, 0) is 23.6 Å². The van der Waals surface area contributed by atoms with Gasteiger partial charge in [0.1, 0.15) is 0 Å². The van der Waals surface area contributed by atoms with Crippen LogP contribution >= 0.6 is 0 Å². The number of halogens is 3. The number of para-hydroxylation sites is 1. The van der Waals surface area contributed by atoms with Crippen molar-refractivity contribution >= 4 is 16.9 Å². The standard InChI is InChI=1S/C21H20F3NO2/c1-2-12-27-18(26)13-16(21(22,23)24)19-15-10-6-7-11-17(15)25-20(19)14-8-4-3-5-9-14/h3-11,16,25H,2,12-13H2,1H3/t16-/m0/s1. The van der Waals surface area contributed by atoms with Gasteiger partial charge in [-0.3, -0.25) is 4.79 Å². The molecule has 3 nitrogen and oxygen atoms in total. The fraction of sp³-hybridized carbons (Fsp3) is 0.286. The molecular weight excluding hydrogens is 355 g/mol. The van der Waals surface area contributed by atoms with Crippen molar-refractivity contribution in [1.82, 2.24) is 4.98 Å². The van der Waals surface area contributed by atoms with Crippen LogP contribution in [0.4, 0.5) is 13.2 Å². The van der Waals surface area contributed by atoms with Gasteiger partial charge in [-0.2, -0.15) is 13.2 Å². The minimum atomic E-state index is -4.58. The molecule has 142 valence electrons. The van der Waals surface area contributed by atoms with Crippen molar-refractivity contribution in [3.63, 3.8) is 0 Å². The highest BCUT2D eigenvalue weighted by Gasteiger charge is 2.45. The summed E-state index contributed by atoms with van der Waals surface area (Å²) in [6.45, 7) is 1.91. The number of fused-ring (bicyclic) bond motifs is 1. The summed E-state index contributed by atoms with van der Waals surface area (Å²) in [5, 5.41) is 0.460. The summed E-state index contributed by atoms with van der Waals surface area (Å²) < 4.78 is 46.8. The van der Waals surface area contributed by atoms with Crippen LogP contribution in [0, 0.1) is 0 Å². The van der Waals surface area contributed by atoms with Crippen molar-refractivity contribution in [2.45, 2.75) is 31.9 Å². The zero-order valence-corrected chi connectivity index (χ0v) is 14.8. The monoisotopic (exact) mass is 375 g/mol. The topological polar surface area (TPSA) is 42.1 Å². The summed E-state index contributed by atoms with van der Waals surface area (Å²) in [4.78, 5) is 15.1. The number of carbonyl (C=O) groups excluding carboxylic acids is 1. The Hall–Kier alpha value is -2.76. The van der Waals surface area contributed by atoms with Gasteiger partial charge < -0.3 is 9.72 Å². The first-order valence-electron chi connectivity index (χ1n) is 8.80. The van der Waals surface area contributed by atoms with E-state index in [1.807, 2.05) is 0 Å². The quantitative estimate of drug-likeness (QED) is 0.551. The summed E-state index contributed by atoms with van der Waals surface area (Å²) in [6.07, 6.45) is -4.77. The van der Waals surface area contributed by atoms with Crippen LogP contribution in [-0.2, 0) is 9.53 Å². The molecular formula is C21H20F3NO2. The molecule has 3 rings (SSSR count). The molecule has 1 aromatic heterocycles. The lowest BCUT2D eigenvalue weighted by atomic mass is 9.90. The maximum Gasteiger partial charge on any atom is 0.396 e. The Morgan fingerprint density at radius 3 is 2.41 bits per heavy atom. The highest BCUT2D eigenvalue weighted by Crippen LogP contribution is 2.45. The van der Waals surface area contributed by atoms with E-state index in [0.29, 0.717) is 28.6 Å². The molecule has 2 aromatic carbocycles. The average Bonchev–Trinajstić information content (AvgIpc) is 3.03. The smallest absolute Gasteiger partial charge is 0.396 e. The first-order valence-corrected chi connectivity index (χ1v) is 8.80. The third-order valence-electron chi connectivity index (χ3n) is 4.39. The third-order valence-corrected chi connectivity index (χ3v) is 4.39. The van der Waals surface area contributed by atoms with Gasteiger partial charge >= 0.3 is 12.1 Å². The van der Waals surface area contributed by atoms with Crippen molar-refractivity contribution < 1.29 is 22.7 Å². The second kappa shape index (κ2) is 7.86. The molecule has 0 aliphatic rings. The molecule has 0 spiro atoms. The number of carbonyl (C=O) groups is 1. The summed E-state index contributed by atoms with van der Waals surface area (Å²) in [7, 11) is 0. The maximum absolute atomic E-state index is 14.0. The first kappa shape index (κ1) is 19.0. The largest absolute Gasteiger partial charge is 0.466 e. The maximum atomic E-state index is 14.0. The number of nitrogens with one attached hydrogen (secondary N) is 1. The molecule has 0 bridgehead atoms. The van der Waals surface area contributed by atoms with Gasteiger partial charge in [0, 0.05) is 10.9 Å². The Labute approximate surface area is 155 Å². The van der Waals surface area contributed by atoms with Crippen LogP contribution in [0.3, 0.4) is 0 Å². The van der Waals surface area contributed by atoms with Crippen LogP contribution in [0.5, 0.6) is 0 Å². The SMILES string of the molecule is CCCOC(=O)C[C@@H](c1c(-c2ccccc2)[nH]c2ccccc12)C(F)(F)F. The highest BCUT2D eigenvalue weighted by molar-refractivity contribution is 5.92. The normalized spacial score (nSPS) is 12.9. The lowest BCUT2D eigenvalue weighted by Gasteiger charge is -2.21. The molecule has 6 heteroatoms. The number of hydrogen-bond acceptors (Lipinski definition) is 2. The van der Waals surface area contributed by atoms with Crippen molar-refractivity contribution in [3.8, 4) is 11.3 Å². The van der Waals surface area contributed by atoms with E-state index in [4.69, 9.17) is 4.74 Å². The minimum Gasteiger partial charge on any atom is -0.466 e. The molecule has 1 N–H and O–H groups in total. The zero-order chi connectivity index (χ0) is 19.4. The van der Waals surface area contributed by atoms with Gasteiger partial charge in [0.15, 0.2) is 0 Å². The Bertz CT molecular complexity index is 916. The van der Waals surface area contributed by atoms with Crippen molar-refractivity contribution in [2.75, 3.05) is 6.61 Å². The summed E-state index contributed by atoms with van der Waals surface area (Å²) in [5.74, 6) is -2.79. The fourth-order valence-corrected chi connectivity index (χ4v) is 3.18. The molecule has 0 fully saturated rings. The number of alkyl halides is 3. The van der Waals surface area contributed by atoms with Crippen LogP contribution in [0.2, 0.25) is 0 Å². The van der Waals surface area contributed by atoms with E-state index >= 15 is 0 Å². The number of benzene rings is 2. The fourth-order valence-electron chi connectivity index (χ4n) is 3.18. The molecule has 0 radical (unpaired) electrons. The molecule has 0 amide bonds. The summed E-state index contributed by atoms with van der Waals surface area (Å²) in [5.41, 5.74) is 1.70. The predicted molar refractivity (Wildman–Crippen MR) is 98.4 cm³/mol. The molecule has 0 aliphatic carbocycles. The van der Waals surface area contributed by atoms with Gasteiger partial charge in [0.2, 0.25) is 0 Å². The van der Waals surface area contributed by atoms with Crippen LogP contribution in [0.1, 0.15) is 31.2 Å². The summed E-state index contributed by atoms with van der Waals surface area (Å²) >= 11 is 0. The molecule has 1 atom stereocenters. The average molecular weight is 375 g/mol. The number of H-pyrrole nitrogens is 1. The number of aromatic nitrogens is 1. The van der Waals surface area contributed by atoms with E-state index in [1.54, 1.807) is 61.5 Å². The Morgan fingerprint density at radius 2 is 1.74 bits per heavy atom. The molecule has 0 unspecified atom stereocenters. The van der Waals surface area contributed by atoms with E-state index in [-0.39, 0.29) is 12.2 Å². The second-order valence-corrected chi connectivity index (χ2v) is 6.34. The minimum absolute atomic E-state index is 0.0812. The Morgan fingerprint density at radius 1 is 1.07 bits per heavy atom. The van der Waals surface area contributed by atoms with Crippen LogP contribution in [0.25, 0.3) is 22.2 Å². The molecule has 0 saturated carbocycles. The van der Waals surface area contributed by atoms with Gasteiger partial charge in [-0.25, -0.2) is 0 Å². The van der Waals surface area contributed by atoms with Gasteiger partial charge in [-0.15, -0.1) is 0 Å². The van der Waals surface area contributed by atoms with Gasteiger partial charge in [0.05, 0.1) is 24.6 Å². The van der Waals surface area contributed by atoms with Crippen LogP contribution in [-0.4, -0.2) is 23.7 Å². The van der Waals surface area contributed by atoms with E-state index in [1.165, 1.54) is 0 Å². The van der Waals surface area contributed by atoms with Crippen molar-refractivity contribution in [2.24, 2.45) is 0 Å². The molecule has 3 aromatic rings. The zero-order valence-electron chi connectivity index (χ0n) is 14.8. The molecule has 0 aliphatic heterocycles. The molecule has 0 saturated heterocycles. The van der Waals surface area contributed by atoms with E-state index in [0.717, 1.165) is 0 Å². The highest BCUT2D eigenvalue weighted by atomic mass is 19.4. The Balaban J connectivity index is 2.14. The van der Waals surface area contributed by atoms with Crippen molar-refractivity contribution in [1.29, 1.82) is 0 Å². The van der Waals surface area contributed by atoms with E-state index in [2.05, 4.69) is 4.98 Å². The number of ether oxygens (including phenoxy) is 1. The molecule has 27 heavy (non-hydrogen) atoms. The Kier molecular flexibility index (Phi) is 5.54.